The van der Waals surface area contributed by atoms with Crippen molar-refractivity contribution in [3.63, 3.8) is 0 Å². The van der Waals surface area contributed by atoms with Crippen molar-refractivity contribution >= 4 is 45.9 Å². The van der Waals surface area contributed by atoms with Gasteiger partial charge < -0.3 is 15.8 Å². The molecule has 0 aliphatic heterocycles. The number of halogens is 2. The summed E-state index contributed by atoms with van der Waals surface area (Å²) < 4.78 is 0.842. The molecule has 7 heteroatoms. The van der Waals surface area contributed by atoms with E-state index in [1.165, 1.54) is 0 Å². The molecule has 0 unspecified atom stereocenters. The molecule has 5 nitrogen and oxygen atoms in total. The quantitative estimate of drug-likeness (QED) is 0.264. The van der Waals surface area contributed by atoms with Crippen LogP contribution in [0.4, 0.5) is 0 Å². The lowest BCUT2D eigenvalue weighted by atomic mass is 10.2. The van der Waals surface area contributed by atoms with E-state index in [1.54, 1.807) is 23.1 Å². The van der Waals surface area contributed by atoms with E-state index in [0.29, 0.717) is 30.1 Å². The molecule has 0 saturated heterocycles. The summed E-state index contributed by atoms with van der Waals surface area (Å²) in [4.78, 5) is 14.0. The Kier molecular flexibility index (Phi) is 6.36. The molecule has 0 aromatic heterocycles. The van der Waals surface area contributed by atoms with Gasteiger partial charge >= 0.3 is 0 Å². The minimum Gasteiger partial charge on any atom is -0.409 e. The number of benzene rings is 1. The van der Waals surface area contributed by atoms with Crippen LogP contribution in [0.3, 0.4) is 0 Å². The van der Waals surface area contributed by atoms with E-state index >= 15 is 0 Å². The Hall–Kier alpha value is -1.02. The number of carbonyl (C=O) groups excluding carboxylic acids is 1. The predicted octanol–water partition coefficient (Wildman–Crippen LogP) is 2.54. The fourth-order valence-corrected chi connectivity index (χ4v) is 2.27. The zero-order valence-corrected chi connectivity index (χ0v) is 13.3. The Balaban J connectivity index is 2.86. The summed E-state index contributed by atoms with van der Waals surface area (Å²) in [6.45, 7) is 2.82. The van der Waals surface area contributed by atoms with Crippen LogP contribution in [0.25, 0.3) is 0 Å². The lowest BCUT2D eigenvalue weighted by molar-refractivity contribution is 0.0767. The van der Waals surface area contributed by atoms with Crippen LogP contribution < -0.4 is 5.73 Å². The molecule has 3 N–H and O–H groups in total. The van der Waals surface area contributed by atoms with Crippen molar-refractivity contribution in [1.82, 2.24) is 4.90 Å². The molecule has 0 aliphatic carbocycles. The maximum atomic E-state index is 12.4. The summed E-state index contributed by atoms with van der Waals surface area (Å²) in [6, 6.07) is 5.19. The van der Waals surface area contributed by atoms with E-state index < -0.39 is 0 Å². The van der Waals surface area contributed by atoms with E-state index in [1.807, 2.05) is 6.92 Å². The smallest absolute Gasteiger partial charge is 0.254 e. The first-order chi connectivity index (χ1) is 8.99. The van der Waals surface area contributed by atoms with Crippen molar-refractivity contribution < 1.29 is 10.0 Å². The number of rotatable bonds is 5. The molecule has 0 fully saturated rings. The molecule has 0 bridgehead atoms. The second-order valence-corrected chi connectivity index (χ2v) is 5.45. The molecule has 1 aromatic rings. The normalized spacial score (nSPS) is 11.4. The van der Waals surface area contributed by atoms with Crippen LogP contribution in [0, 0.1) is 3.57 Å². The highest BCUT2D eigenvalue weighted by Gasteiger charge is 2.17. The summed E-state index contributed by atoms with van der Waals surface area (Å²) in [5, 5.41) is 11.9. The van der Waals surface area contributed by atoms with Gasteiger partial charge in [-0.15, -0.1) is 0 Å². The van der Waals surface area contributed by atoms with Crippen LogP contribution >= 0.6 is 34.2 Å². The lowest BCUT2D eigenvalue weighted by Crippen LogP contribution is -2.34. The topological polar surface area (TPSA) is 78.9 Å². The standard InChI is InChI=1S/C12H15ClIN3O2/c1-2-17(6-5-11(15)16-19)12(18)9-7-8(13)3-4-10(9)14/h3-4,7,19H,2,5-6H2,1H3,(H2,15,16). The Morgan fingerprint density at radius 3 is 2.84 bits per heavy atom. The summed E-state index contributed by atoms with van der Waals surface area (Å²) in [5.41, 5.74) is 5.97. The van der Waals surface area contributed by atoms with Gasteiger partial charge in [0.2, 0.25) is 0 Å². The van der Waals surface area contributed by atoms with E-state index in [9.17, 15) is 4.79 Å². The Morgan fingerprint density at radius 1 is 1.58 bits per heavy atom. The van der Waals surface area contributed by atoms with Gasteiger partial charge in [-0.05, 0) is 47.7 Å². The molecule has 0 radical (unpaired) electrons. The van der Waals surface area contributed by atoms with Crippen LogP contribution in [-0.2, 0) is 0 Å². The fourth-order valence-electron chi connectivity index (χ4n) is 1.53. The first kappa shape index (κ1) is 16.0. The van der Waals surface area contributed by atoms with Crippen molar-refractivity contribution in [2.75, 3.05) is 13.1 Å². The molecule has 0 heterocycles. The van der Waals surface area contributed by atoms with E-state index in [2.05, 4.69) is 27.7 Å². The Labute approximate surface area is 130 Å². The molecule has 104 valence electrons. The van der Waals surface area contributed by atoms with Gasteiger partial charge in [0.25, 0.3) is 5.91 Å². The predicted molar refractivity (Wildman–Crippen MR) is 83.8 cm³/mol. The van der Waals surface area contributed by atoms with E-state index in [4.69, 9.17) is 22.5 Å². The van der Waals surface area contributed by atoms with Crippen LogP contribution in [0.2, 0.25) is 5.02 Å². The third-order valence-electron chi connectivity index (χ3n) is 2.59. The number of hydrogen-bond acceptors (Lipinski definition) is 3. The van der Waals surface area contributed by atoms with Gasteiger partial charge in [-0.2, -0.15) is 0 Å². The first-order valence-electron chi connectivity index (χ1n) is 5.70. The molecule has 0 aliphatic rings. The summed E-state index contributed by atoms with van der Waals surface area (Å²) in [6.07, 6.45) is 0.327. The SMILES string of the molecule is CCN(CC/C(N)=N/O)C(=O)c1cc(Cl)ccc1I. The van der Waals surface area contributed by atoms with Crippen LogP contribution in [-0.4, -0.2) is 34.9 Å². The number of nitrogens with two attached hydrogens (primary N) is 1. The maximum Gasteiger partial charge on any atom is 0.254 e. The Bertz CT molecular complexity index is 494. The monoisotopic (exact) mass is 395 g/mol. The third-order valence-corrected chi connectivity index (χ3v) is 3.77. The molecule has 0 atom stereocenters. The number of hydrogen-bond donors (Lipinski definition) is 2. The lowest BCUT2D eigenvalue weighted by Gasteiger charge is -2.21. The zero-order chi connectivity index (χ0) is 14.4. The Morgan fingerprint density at radius 2 is 2.26 bits per heavy atom. The van der Waals surface area contributed by atoms with Crippen LogP contribution in [0.5, 0.6) is 0 Å². The highest BCUT2D eigenvalue weighted by Crippen LogP contribution is 2.19. The largest absolute Gasteiger partial charge is 0.409 e. The highest BCUT2D eigenvalue weighted by atomic mass is 127. The van der Waals surface area contributed by atoms with Crippen molar-refractivity contribution in [2.45, 2.75) is 13.3 Å². The van der Waals surface area contributed by atoms with Gasteiger partial charge in [0.1, 0.15) is 5.84 Å². The number of amidine groups is 1. The summed E-state index contributed by atoms with van der Waals surface area (Å²) in [7, 11) is 0. The minimum atomic E-state index is -0.111. The molecular weight excluding hydrogens is 381 g/mol. The molecule has 1 amide bonds. The van der Waals surface area contributed by atoms with Gasteiger partial charge in [-0.25, -0.2) is 0 Å². The van der Waals surface area contributed by atoms with E-state index in [-0.39, 0.29) is 11.7 Å². The molecule has 0 spiro atoms. The second-order valence-electron chi connectivity index (χ2n) is 3.85. The van der Waals surface area contributed by atoms with Gasteiger partial charge in [0, 0.05) is 28.1 Å². The average Bonchev–Trinajstić information content (AvgIpc) is 2.41. The first-order valence-corrected chi connectivity index (χ1v) is 7.16. The number of carbonyl (C=O) groups is 1. The fraction of sp³-hybridized carbons (Fsp3) is 0.333. The van der Waals surface area contributed by atoms with Gasteiger partial charge in [-0.3, -0.25) is 4.79 Å². The molecular formula is C12H15ClIN3O2. The van der Waals surface area contributed by atoms with Crippen molar-refractivity contribution in [3.8, 4) is 0 Å². The summed E-state index contributed by atoms with van der Waals surface area (Å²) in [5.74, 6) is -0.00724. The molecule has 1 rings (SSSR count). The number of amides is 1. The van der Waals surface area contributed by atoms with Crippen LogP contribution in [0.15, 0.2) is 23.4 Å². The van der Waals surface area contributed by atoms with E-state index in [0.717, 1.165) is 3.57 Å². The van der Waals surface area contributed by atoms with Gasteiger partial charge in [0.15, 0.2) is 0 Å². The number of nitrogens with zero attached hydrogens (tertiary/aromatic N) is 2. The van der Waals surface area contributed by atoms with Gasteiger partial charge in [-0.1, -0.05) is 16.8 Å². The summed E-state index contributed by atoms with van der Waals surface area (Å²) >= 11 is 8.01. The molecule has 0 saturated carbocycles. The zero-order valence-electron chi connectivity index (χ0n) is 10.4. The number of oxime groups is 1. The van der Waals surface area contributed by atoms with Crippen molar-refractivity contribution in [1.29, 1.82) is 0 Å². The van der Waals surface area contributed by atoms with Crippen LogP contribution in [0.1, 0.15) is 23.7 Å². The second kappa shape index (κ2) is 7.54. The minimum absolute atomic E-state index is 0.104. The van der Waals surface area contributed by atoms with Crippen molar-refractivity contribution in [2.24, 2.45) is 10.9 Å². The highest BCUT2D eigenvalue weighted by molar-refractivity contribution is 14.1. The molecule has 1 aromatic carbocycles. The maximum absolute atomic E-state index is 12.4. The van der Waals surface area contributed by atoms with Crippen molar-refractivity contribution in [3.05, 3.63) is 32.4 Å². The molecule has 19 heavy (non-hydrogen) atoms. The third kappa shape index (κ3) is 4.54. The average molecular weight is 396 g/mol. The van der Waals surface area contributed by atoms with Gasteiger partial charge in [0.05, 0.1) is 5.56 Å².